The van der Waals surface area contributed by atoms with Gasteiger partial charge in [0.1, 0.15) is 21.3 Å². The van der Waals surface area contributed by atoms with E-state index < -0.39 is 111 Å². The molecule has 2 aliphatic carbocycles. The molecule has 23 nitrogen and oxygen atoms in total. The fourth-order valence-electron chi connectivity index (χ4n) is 6.27. The van der Waals surface area contributed by atoms with Gasteiger partial charge in [-0.3, -0.25) is 43.4 Å². The van der Waals surface area contributed by atoms with Gasteiger partial charge in [-0.1, -0.05) is 12.1 Å². The topological polar surface area (TPSA) is 374 Å². The van der Waals surface area contributed by atoms with Gasteiger partial charge in [-0.2, -0.15) is 43.9 Å². The summed E-state index contributed by atoms with van der Waals surface area (Å²) in [5.41, 5.74) is 7.82. The zero-order valence-corrected chi connectivity index (χ0v) is 35.4. The van der Waals surface area contributed by atoms with Crippen LogP contribution in [0.1, 0.15) is 38.8 Å². The van der Waals surface area contributed by atoms with Gasteiger partial charge in [0.05, 0.1) is 52.2 Å². The average Bonchev–Trinajstić information content (AvgIpc) is 3.17. The first-order valence-corrected chi connectivity index (χ1v) is 22.9. The molecule has 2 aliphatic rings. The molecule has 1 amide bonds. The van der Waals surface area contributed by atoms with Crippen molar-refractivity contribution in [1.29, 1.82) is 0 Å². The highest BCUT2D eigenvalue weighted by Crippen LogP contribution is 2.38. The number of hydrazone groups is 2. The minimum absolute atomic E-state index is 0.0446. The minimum Gasteiger partial charge on any atom is -0.494 e. The average molecular weight is 947 g/mol. The summed E-state index contributed by atoms with van der Waals surface area (Å²) in [6.45, 7) is 1.04. The van der Waals surface area contributed by atoms with E-state index in [4.69, 9.17) is 15.2 Å². The molecule has 0 saturated carbocycles. The Labute approximate surface area is 357 Å². The van der Waals surface area contributed by atoms with E-state index in [1.54, 1.807) is 0 Å². The van der Waals surface area contributed by atoms with Gasteiger partial charge >= 0.3 is 0 Å². The van der Waals surface area contributed by atoms with Crippen LogP contribution in [0.15, 0.2) is 90.5 Å². The Kier molecular flexibility index (Phi) is 11.9. The zero-order valence-electron chi connectivity index (χ0n) is 32.1. The van der Waals surface area contributed by atoms with Gasteiger partial charge in [0.15, 0.2) is 11.4 Å². The van der Waals surface area contributed by atoms with Gasteiger partial charge in [0.2, 0.25) is 17.5 Å². The highest BCUT2D eigenvalue weighted by molar-refractivity contribution is 7.91. The molecule has 0 aromatic heterocycles. The summed E-state index contributed by atoms with van der Waals surface area (Å²) in [6.07, 6.45) is 1.47. The summed E-state index contributed by atoms with van der Waals surface area (Å²) in [6, 6.07) is 11.9. The molecule has 0 unspecified atom stereocenters. The quantitative estimate of drug-likeness (QED) is 0.0574. The maximum absolute atomic E-state index is 13.8. The number of anilines is 4. The molecule has 63 heavy (non-hydrogen) atoms. The second-order valence-corrected chi connectivity index (χ2v) is 18.8. The van der Waals surface area contributed by atoms with Crippen LogP contribution in [-0.4, -0.2) is 95.0 Å². The van der Waals surface area contributed by atoms with E-state index in [1.165, 1.54) is 50.6 Å². The number of fused-ring (bicyclic) bond motifs is 2. The number of hydrogen-bond acceptors (Lipinski definition) is 18. The zero-order chi connectivity index (χ0) is 46.6. The van der Waals surface area contributed by atoms with Crippen LogP contribution < -0.4 is 31.4 Å². The SMILES string of the molecule is COc1cc(-c2ccc(N/N=C3\C(=O)c4c(N)cc(S(=O)(=O)O)cc4C=C3S(=O)(=O)O)c(OC)c2)ccc1N/N=C1/C(=O)c2c(cc(S(=O)(=O)O)cc2NC(C)=O)C=C1S(=O)(=O)O. The van der Waals surface area contributed by atoms with E-state index in [0.717, 1.165) is 43.3 Å². The first-order valence-electron chi connectivity index (χ1n) is 17.1. The Hall–Kier alpha value is -6.85. The Balaban J connectivity index is 1.32. The first-order chi connectivity index (χ1) is 29.2. The number of amides is 1. The number of allylic oxidation sites excluding steroid dienone is 2. The molecule has 27 heteroatoms. The van der Waals surface area contributed by atoms with E-state index in [1.807, 2.05) is 0 Å². The van der Waals surface area contributed by atoms with Crippen molar-refractivity contribution in [2.45, 2.75) is 16.7 Å². The number of carbonyl (C=O) groups excluding carboxylic acids is 3. The number of ether oxygens (including phenoxy) is 2. The Morgan fingerprint density at radius 2 is 1.00 bits per heavy atom. The van der Waals surface area contributed by atoms with Crippen LogP contribution in [0, 0.1) is 0 Å². The molecular weight excluding hydrogens is 917 g/mol. The van der Waals surface area contributed by atoms with E-state index in [0.29, 0.717) is 11.1 Å². The minimum atomic E-state index is -5.22. The third kappa shape index (κ3) is 9.34. The summed E-state index contributed by atoms with van der Waals surface area (Å²) >= 11 is 0. The second-order valence-electron chi connectivity index (χ2n) is 13.1. The maximum atomic E-state index is 13.8. The number of hydrogen-bond donors (Lipinski definition) is 8. The number of nitrogen functional groups attached to an aromatic ring is 1. The molecule has 0 saturated heterocycles. The monoisotopic (exact) mass is 946 g/mol. The van der Waals surface area contributed by atoms with Crippen molar-refractivity contribution in [3.05, 3.63) is 92.7 Å². The molecule has 0 aliphatic heterocycles. The predicted molar refractivity (Wildman–Crippen MR) is 226 cm³/mol. The molecule has 0 atom stereocenters. The summed E-state index contributed by atoms with van der Waals surface area (Å²) in [7, 11) is -17.6. The molecule has 0 spiro atoms. The summed E-state index contributed by atoms with van der Waals surface area (Å²) in [5, 5.41) is 10.1. The summed E-state index contributed by atoms with van der Waals surface area (Å²) in [5.74, 6) is -2.93. The largest absolute Gasteiger partial charge is 0.494 e. The van der Waals surface area contributed by atoms with Crippen LogP contribution in [-0.2, 0) is 45.3 Å². The molecule has 0 radical (unpaired) electrons. The lowest BCUT2D eigenvalue weighted by Gasteiger charge is -2.20. The van der Waals surface area contributed by atoms with Crippen molar-refractivity contribution < 1.29 is 75.7 Å². The van der Waals surface area contributed by atoms with Crippen molar-refractivity contribution in [2.75, 3.05) is 36.1 Å². The molecule has 9 N–H and O–H groups in total. The van der Waals surface area contributed by atoms with Crippen LogP contribution in [0.5, 0.6) is 11.5 Å². The molecule has 0 fully saturated rings. The third-order valence-electron chi connectivity index (χ3n) is 9.01. The lowest BCUT2D eigenvalue weighted by molar-refractivity contribution is -0.114. The van der Waals surface area contributed by atoms with E-state index in [2.05, 4.69) is 26.4 Å². The highest BCUT2D eigenvalue weighted by Gasteiger charge is 2.37. The molecule has 6 rings (SSSR count). The van der Waals surface area contributed by atoms with Crippen LogP contribution in [0.3, 0.4) is 0 Å². The second kappa shape index (κ2) is 16.4. The van der Waals surface area contributed by atoms with E-state index in [-0.39, 0.29) is 34.0 Å². The Morgan fingerprint density at radius 3 is 1.40 bits per heavy atom. The van der Waals surface area contributed by atoms with Crippen LogP contribution in [0.25, 0.3) is 23.3 Å². The van der Waals surface area contributed by atoms with Crippen molar-refractivity contribution in [2.24, 2.45) is 10.2 Å². The standard InChI is InChI=1S/C36H30N6O17S4/c1-16(43)38-26-15-22(61(49,50)51)9-20-13-30(63(55,56)57)34(36(45)32(20)26)42-40-25-7-5-18(11-28(25)59-3)17-4-6-24(27(10-17)58-2)39-41-33-29(62(52,53)54)12-19-8-21(60(46,47)48)14-23(37)31(19)35(33)44/h4-15,39-40H,37H2,1-3H3,(H,38,43)(H,46,47,48)(H,49,50,51)(H,52,53,54)(H,55,56,57)/b41-33-,42-34+. The maximum Gasteiger partial charge on any atom is 0.296 e. The van der Waals surface area contributed by atoms with Crippen LogP contribution in [0.2, 0.25) is 0 Å². The number of carbonyl (C=O) groups is 3. The first kappa shape index (κ1) is 45.7. The highest BCUT2D eigenvalue weighted by atomic mass is 32.2. The Morgan fingerprint density at radius 1 is 0.587 bits per heavy atom. The lowest BCUT2D eigenvalue weighted by atomic mass is 9.93. The molecule has 4 aromatic rings. The normalized spacial score (nSPS) is 15.5. The van der Waals surface area contributed by atoms with Crippen molar-refractivity contribution in [1.82, 2.24) is 0 Å². The number of benzene rings is 4. The Bertz CT molecular complexity index is 3310. The molecule has 0 bridgehead atoms. The third-order valence-corrected chi connectivity index (χ3v) is 12.4. The van der Waals surface area contributed by atoms with E-state index in [9.17, 15) is 66.3 Å². The molecule has 0 heterocycles. The van der Waals surface area contributed by atoms with Crippen molar-refractivity contribution >= 4 is 104 Å². The van der Waals surface area contributed by atoms with Gasteiger partial charge < -0.3 is 20.5 Å². The predicted octanol–water partition coefficient (Wildman–Crippen LogP) is 3.19. The van der Waals surface area contributed by atoms with Gasteiger partial charge in [-0.15, -0.1) is 0 Å². The number of rotatable bonds is 12. The smallest absolute Gasteiger partial charge is 0.296 e. The van der Waals surface area contributed by atoms with Gasteiger partial charge in [-0.25, -0.2) is 0 Å². The fourth-order valence-corrected chi connectivity index (χ4v) is 8.68. The lowest BCUT2D eigenvalue weighted by Crippen LogP contribution is -2.28. The molecule has 330 valence electrons. The summed E-state index contributed by atoms with van der Waals surface area (Å²) < 4.78 is 147. The fraction of sp³-hybridized carbons (Fsp3) is 0.0833. The van der Waals surface area contributed by atoms with Crippen molar-refractivity contribution in [3.8, 4) is 22.6 Å². The number of methoxy groups -OCH3 is 2. The number of nitrogens with one attached hydrogen (secondary N) is 3. The molecular formula is C36H30N6O17S4. The van der Waals surface area contributed by atoms with Crippen molar-refractivity contribution in [3.63, 3.8) is 0 Å². The number of nitrogens with two attached hydrogens (primary N) is 1. The van der Waals surface area contributed by atoms with Gasteiger partial charge in [0.25, 0.3) is 40.5 Å². The number of Topliss-reactive ketones (excluding diaryl/α,β-unsaturated/α-hetero) is 2. The molecule has 4 aromatic carbocycles. The van der Waals surface area contributed by atoms with Gasteiger partial charge in [0, 0.05) is 12.6 Å². The number of ketones is 2. The van der Waals surface area contributed by atoms with Gasteiger partial charge in [-0.05, 0) is 82.9 Å². The van der Waals surface area contributed by atoms with E-state index >= 15 is 0 Å². The summed E-state index contributed by atoms with van der Waals surface area (Å²) in [4.78, 5) is 35.6. The van der Waals surface area contributed by atoms with Crippen LogP contribution >= 0.6 is 0 Å². The number of nitrogens with zero attached hydrogens (tertiary/aromatic N) is 2. The van der Waals surface area contributed by atoms with Crippen LogP contribution in [0.4, 0.5) is 22.7 Å².